The molecule has 1 aromatic carbocycles. The van der Waals surface area contributed by atoms with Crippen molar-refractivity contribution in [2.24, 2.45) is 7.05 Å². The molecule has 4 rings (SSSR count). The molecule has 0 amide bonds. The maximum absolute atomic E-state index is 13.1. The van der Waals surface area contributed by atoms with Gasteiger partial charge >= 0.3 is 11.5 Å². The van der Waals surface area contributed by atoms with E-state index in [9.17, 15) is 9.59 Å². The van der Waals surface area contributed by atoms with Crippen molar-refractivity contribution in [3.63, 3.8) is 0 Å². The molecule has 0 aliphatic heterocycles. The molecule has 0 atom stereocenters. The molecule has 0 spiro atoms. The van der Waals surface area contributed by atoms with Crippen molar-refractivity contribution in [3.8, 4) is 0 Å². The van der Waals surface area contributed by atoms with Crippen LogP contribution in [-0.4, -0.2) is 18.5 Å². The third-order valence-electron chi connectivity index (χ3n) is 4.58. The summed E-state index contributed by atoms with van der Waals surface area (Å²) >= 11 is 5.91. The highest BCUT2D eigenvalue weighted by Gasteiger charge is 2.24. The number of halogens is 1. The Morgan fingerprint density at radius 1 is 1.15 bits per heavy atom. The van der Waals surface area contributed by atoms with Crippen LogP contribution in [0.25, 0.3) is 17.0 Å². The van der Waals surface area contributed by atoms with Gasteiger partial charge in [-0.15, -0.1) is 0 Å². The highest BCUT2D eigenvalue weighted by Crippen LogP contribution is 2.26. The lowest BCUT2D eigenvalue weighted by molar-refractivity contribution is 0.425. The molecule has 0 bridgehead atoms. The van der Waals surface area contributed by atoms with Crippen LogP contribution in [0.15, 0.2) is 44.5 Å². The number of oxazole rings is 1. The summed E-state index contributed by atoms with van der Waals surface area (Å²) < 4.78 is 10.00. The maximum Gasteiger partial charge on any atom is 0.332 e. The van der Waals surface area contributed by atoms with E-state index >= 15 is 0 Å². The zero-order valence-electron chi connectivity index (χ0n) is 15.5. The molecule has 3 aromatic heterocycles. The van der Waals surface area contributed by atoms with E-state index in [0.29, 0.717) is 27.8 Å². The zero-order valence-corrected chi connectivity index (χ0v) is 16.2. The Morgan fingerprint density at radius 3 is 2.44 bits per heavy atom. The van der Waals surface area contributed by atoms with E-state index in [4.69, 9.17) is 16.0 Å². The Hall–Kier alpha value is -2.80. The van der Waals surface area contributed by atoms with Gasteiger partial charge in [0, 0.05) is 17.5 Å². The first kappa shape index (κ1) is 17.6. The summed E-state index contributed by atoms with van der Waals surface area (Å²) in [6.07, 6.45) is 1.77. The van der Waals surface area contributed by atoms with Crippen molar-refractivity contribution in [1.82, 2.24) is 18.5 Å². The molecule has 0 aliphatic carbocycles. The van der Waals surface area contributed by atoms with Crippen LogP contribution in [0.1, 0.15) is 32.1 Å². The molecule has 0 unspecified atom stereocenters. The second-order valence-corrected chi connectivity index (χ2v) is 8.08. The van der Waals surface area contributed by atoms with Gasteiger partial charge in [-0.25, -0.2) is 4.79 Å². The molecule has 0 radical (unpaired) electrons. The van der Waals surface area contributed by atoms with Gasteiger partial charge < -0.3 is 4.42 Å². The van der Waals surface area contributed by atoms with Crippen molar-refractivity contribution in [1.29, 1.82) is 0 Å². The predicted molar refractivity (Wildman–Crippen MR) is 104 cm³/mol. The van der Waals surface area contributed by atoms with E-state index in [0.717, 1.165) is 5.56 Å². The number of nitrogens with zero attached hydrogens (tertiary/aromatic N) is 4. The minimum absolute atomic E-state index is 0.149. The third kappa shape index (κ3) is 2.78. The zero-order chi connectivity index (χ0) is 19.5. The van der Waals surface area contributed by atoms with E-state index in [2.05, 4.69) is 4.98 Å². The number of fused-ring (bicyclic) bond motifs is 3. The highest BCUT2D eigenvalue weighted by atomic mass is 35.5. The van der Waals surface area contributed by atoms with Crippen LogP contribution in [0.5, 0.6) is 0 Å². The summed E-state index contributed by atoms with van der Waals surface area (Å²) in [5.41, 5.74) is 0.366. The van der Waals surface area contributed by atoms with Gasteiger partial charge in [0.1, 0.15) is 5.76 Å². The second kappa shape index (κ2) is 5.85. The topological polar surface area (TPSA) is 74.4 Å². The maximum atomic E-state index is 13.1. The fraction of sp³-hybridized carbons (Fsp3) is 0.316. The fourth-order valence-electron chi connectivity index (χ4n) is 3.01. The van der Waals surface area contributed by atoms with Gasteiger partial charge in [-0.1, -0.05) is 44.5 Å². The van der Waals surface area contributed by atoms with Crippen LogP contribution in [0.2, 0.25) is 5.02 Å². The van der Waals surface area contributed by atoms with Crippen LogP contribution in [0, 0.1) is 0 Å². The number of rotatable bonds is 2. The van der Waals surface area contributed by atoms with Crippen molar-refractivity contribution >= 4 is 28.6 Å². The third-order valence-corrected chi connectivity index (χ3v) is 4.84. The van der Waals surface area contributed by atoms with Crippen molar-refractivity contribution in [2.75, 3.05) is 0 Å². The van der Waals surface area contributed by atoms with Gasteiger partial charge in [-0.05, 0) is 17.7 Å². The molecular formula is C19H19ClN4O3. The number of aryl methyl sites for hydroxylation is 1. The molecule has 3 heterocycles. The van der Waals surface area contributed by atoms with Gasteiger partial charge in [-0.3, -0.25) is 18.3 Å². The van der Waals surface area contributed by atoms with E-state index in [1.807, 2.05) is 20.8 Å². The van der Waals surface area contributed by atoms with Crippen LogP contribution in [0.4, 0.5) is 0 Å². The quantitative estimate of drug-likeness (QED) is 0.531. The molecule has 0 fully saturated rings. The molecule has 4 aromatic rings. The molecule has 7 nitrogen and oxygen atoms in total. The number of aromatic nitrogens is 4. The van der Waals surface area contributed by atoms with Gasteiger partial charge in [0.25, 0.3) is 5.56 Å². The number of imidazole rings is 1. The van der Waals surface area contributed by atoms with Crippen LogP contribution in [-0.2, 0) is 19.0 Å². The molecule has 0 saturated carbocycles. The van der Waals surface area contributed by atoms with Crippen LogP contribution in [0.3, 0.4) is 0 Å². The first-order chi connectivity index (χ1) is 12.7. The molecule has 0 saturated heterocycles. The van der Waals surface area contributed by atoms with E-state index in [1.54, 1.807) is 41.9 Å². The van der Waals surface area contributed by atoms with Crippen molar-refractivity contribution in [3.05, 3.63) is 67.6 Å². The Balaban J connectivity index is 1.98. The minimum Gasteiger partial charge on any atom is -0.428 e. The average Bonchev–Trinajstić information content (AvgIpc) is 3.16. The number of hydrogen-bond acceptors (Lipinski definition) is 4. The molecule has 0 aliphatic rings. The molecule has 8 heteroatoms. The standard InChI is InChI=1S/C19H19ClN4O3/c1-19(2,3)13-10-23-14-15(21-17(23)27-13)22(4)18(26)24(16(14)25)9-11-5-7-12(20)8-6-11/h5-8,10H,9H2,1-4H3. The average molecular weight is 387 g/mol. The van der Waals surface area contributed by atoms with Gasteiger partial charge in [0.2, 0.25) is 0 Å². The van der Waals surface area contributed by atoms with E-state index in [1.165, 1.54) is 9.13 Å². The van der Waals surface area contributed by atoms with E-state index < -0.39 is 11.2 Å². The largest absolute Gasteiger partial charge is 0.428 e. The van der Waals surface area contributed by atoms with E-state index in [-0.39, 0.29) is 12.0 Å². The second-order valence-electron chi connectivity index (χ2n) is 7.64. The Morgan fingerprint density at radius 2 is 1.81 bits per heavy atom. The van der Waals surface area contributed by atoms with Gasteiger partial charge in [0.05, 0.1) is 12.7 Å². The normalized spacial score (nSPS) is 12.3. The van der Waals surface area contributed by atoms with Crippen LogP contribution >= 0.6 is 11.6 Å². The summed E-state index contributed by atoms with van der Waals surface area (Å²) in [7, 11) is 1.60. The molecule has 140 valence electrons. The van der Waals surface area contributed by atoms with Crippen molar-refractivity contribution in [2.45, 2.75) is 32.7 Å². The Kier molecular flexibility index (Phi) is 3.82. The smallest absolute Gasteiger partial charge is 0.332 e. The Labute approximate surface area is 159 Å². The fourth-order valence-corrected chi connectivity index (χ4v) is 3.14. The lowest BCUT2D eigenvalue weighted by Crippen LogP contribution is -2.39. The van der Waals surface area contributed by atoms with Gasteiger partial charge in [-0.2, -0.15) is 4.98 Å². The first-order valence-electron chi connectivity index (χ1n) is 8.53. The number of hydrogen-bond donors (Lipinski definition) is 0. The molecule has 27 heavy (non-hydrogen) atoms. The highest BCUT2D eigenvalue weighted by molar-refractivity contribution is 6.30. The van der Waals surface area contributed by atoms with Crippen LogP contribution < -0.4 is 11.2 Å². The summed E-state index contributed by atoms with van der Waals surface area (Å²) in [6.45, 7) is 6.20. The summed E-state index contributed by atoms with van der Waals surface area (Å²) in [5.74, 6) is 1.01. The first-order valence-corrected chi connectivity index (χ1v) is 8.91. The number of benzene rings is 1. The summed E-state index contributed by atoms with van der Waals surface area (Å²) in [4.78, 5) is 30.2. The predicted octanol–water partition coefficient (Wildman–Crippen LogP) is 2.94. The summed E-state index contributed by atoms with van der Waals surface area (Å²) in [6, 6.07) is 7.04. The SMILES string of the molecule is Cn1c(=O)n(Cc2ccc(Cl)cc2)c(=O)c2c1nc1oc(C(C)(C)C)cn12. The summed E-state index contributed by atoms with van der Waals surface area (Å²) in [5, 5.41) is 0.597. The van der Waals surface area contributed by atoms with Crippen molar-refractivity contribution < 1.29 is 4.42 Å². The molecule has 0 N–H and O–H groups in total. The lowest BCUT2D eigenvalue weighted by atomic mass is 9.94. The molecular weight excluding hydrogens is 368 g/mol. The monoisotopic (exact) mass is 386 g/mol. The lowest BCUT2D eigenvalue weighted by Gasteiger charge is -2.13. The minimum atomic E-state index is -0.431. The Bertz CT molecular complexity index is 1280. The van der Waals surface area contributed by atoms with Gasteiger partial charge in [0.15, 0.2) is 11.2 Å².